The first kappa shape index (κ1) is 21.9. The van der Waals surface area contributed by atoms with Gasteiger partial charge in [0.2, 0.25) is 0 Å². The molecule has 0 radical (unpaired) electrons. The number of ether oxygens (including phenoxy) is 1. The second-order valence-electron chi connectivity index (χ2n) is 7.61. The van der Waals surface area contributed by atoms with E-state index in [2.05, 4.69) is 12.2 Å². The van der Waals surface area contributed by atoms with E-state index in [1.54, 1.807) is 17.0 Å². The van der Waals surface area contributed by atoms with Crippen molar-refractivity contribution in [1.82, 2.24) is 4.90 Å². The average Bonchev–Trinajstić information content (AvgIpc) is 2.70. The van der Waals surface area contributed by atoms with Crippen molar-refractivity contribution < 1.29 is 18.7 Å². The number of hydrogen-bond acceptors (Lipinski definition) is 3. The standard InChI is InChI=1S/C22H25ClFN3O3/c1-14-12-27(9-8-16(14)10-15-2-5-18(24)6-3-15)21(28)13-30-20-7-4-17(23)11-19(20)26-22(25)29/h2-7,11,14,16H,8-10,12-13H2,1H3,(H3,25,26,29). The van der Waals surface area contributed by atoms with Gasteiger partial charge in [0.15, 0.2) is 6.61 Å². The molecule has 1 aliphatic rings. The van der Waals surface area contributed by atoms with E-state index in [4.69, 9.17) is 22.1 Å². The summed E-state index contributed by atoms with van der Waals surface area (Å²) in [7, 11) is 0. The number of piperidine rings is 1. The van der Waals surface area contributed by atoms with Gasteiger partial charge in [0, 0.05) is 18.1 Å². The summed E-state index contributed by atoms with van der Waals surface area (Å²) in [5.74, 6) is 0.716. The largest absolute Gasteiger partial charge is 0.482 e. The van der Waals surface area contributed by atoms with Crippen LogP contribution in [0, 0.1) is 17.7 Å². The third-order valence-electron chi connectivity index (χ3n) is 5.40. The molecule has 0 spiro atoms. The Kier molecular flexibility index (Phi) is 7.15. The number of halogens is 2. The second-order valence-corrected chi connectivity index (χ2v) is 8.05. The van der Waals surface area contributed by atoms with Crippen molar-refractivity contribution in [3.8, 4) is 5.75 Å². The molecule has 30 heavy (non-hydrogen) atoms. The number of likely N-dealkylation sites (tertiary alicyclic amines) is 1. The Morgan fingerprint density at radius 3 is 2.67 bits per heavy atom. The Bertz CT molecular complexity index is 907. The van der Waals surface area contributed by atoms with Crippen molar-refractivity contribution >= 4 is 29.2 Å². The van der Waals surface area contributed by atoms with Crippen molar-refractivity contribution in [2.24, 2.45) is 17.6 Å². The van der Waals surface area contributed by atoms with Crippen LogP contribution in [0.1, 0.15) is 18.9 Å². The molecule has 3 amide bonds. The third kappa shape index (κ3) is 5.86. The molecular formula is C22H25ClFN3O3. The number of nitrogens with two attached hydrogens (primary N) is 1. The number of benzene rings is 2. The second kappa shape index (κ2) is 9.80. The van der Waals surface area contributed by atoms with E-state index in [9.17, 15) is 14.0 Å². The quantitative estimate of drug-likeness (QED) is 0.720. The lowest BCUT2D eigenvalue weighted by molar-refractivity contribution is -0.135. The first-order chi connectivity index (χ1) is 14.3. The molecule has 6 nitrogen and oxygen atoms in total. The molecule has 1 saturated heterocycles. The molecule has 1 aliphatic heterocycles. The molecule has 0 aromatic heterocycles. The van der Waals surface area contributed by atoms with Gasteiger partial charge in [-0.1, -0.05) is 30.7 Å². The molecule has 160 valence electrons. The van der Waals surface area contributed by atoms with Gasteiger partial charge < -0.3 is 20.7 Å². The van der Waals surface area contributed by atoms with Crippen molar-refractivity contribution in [2.75, 3.05) is 25.0 Å². The highest BCUT2D eigenvalue weighted by atomic mass is 35.5. The predicted octanol–water partition coefficient (Wildman–Crippen LogP) is 4.08. The number of nitrogens with zero attached hydrogens (tertiary/aromatic N) is 1. The van der Waals surface area contributed by atoms with E-state index >= 15 is 0 Å². The molecule has 1 fully saturated rings. The number of nitrogens with one attached hydrogen (secondary N) is 1. The zero-order valence-corrected chi connectivity index (χ0v) is 17.5. The van der Waals surface area contributed by atoms with Crippen molar-refractivity contribution in [3.05, 3.63) is 58.9 Å². The van der Waals surface area contributed by atoms with Crippen molar-refractivity contribution in [3.63, 3.8) is 0 Å². The highest BCUT2D eigenvalue weighted by molar-refractivity contribution is 6.31. The summed E-state index contributed by atoms with van der Waals surface area (Å²) >= 11 is 5.94. The van der Waals surface area contributed by atoms with Crippen LogP contribution < -0.4 is 15.8 Å². The van der Waals surface area contributed by atoms with Crippen LogP contribution >= 0.6 is 11.6 Å². The Labute approximate surface area is 180 Å². The lowest BCUT2D eigenvalue weighted by atomic mass is 9.82. The summed E-state index contributed by atoms with van der Waals surface area (Å²) < 4.78 is 18.7. The highest BCUT2D eigenvalue weighted by Gasteiger charge is 2.29. The minimum atomic E-state index is -0.745. The molecular weight excluding hydrogens is 409 g/mol. The maximum atomic E-state index is 13.1. The number of carbonyl (C=O) groups is 2. The summed E-state index contributed by atoms with van der Waals surface area (Å²) in [6.07, 6.45) is 1.74. The monoisotopic (exact) mass is 433 g/mol. The van der Waals surface area contributed by atoms with Gasteiger partial charge in [0.1, 0.15) is 11.6 Å². The van der Waals surface area contributed by atoms with Crippen LogP contribution in [-0.4, -0.2) is 36.5 Å². The van der Waals surface area contributed by atoms with Crippen LogP contribution in [-0.2, 0) is 11.2 Å². The van der Waals surface area contributed by atoms with Crippen LogP contribution in [0.4, 0.5) is 14.9 Å². The number of rotatable bonds is 6. The molecule has 3 rings (SSSR count). The zero-order chi connectivity index (χ0) is 21.7. The Morgan fingerprint density at radius 2 is 2.00 bits per heavy atom. The van der Waals surface area contributed by atoms with Crippen molar-refractivity contribution in [2.45, 2.75) is 19.8 Å². The summed E-state index contributed by atoms with van der Waals surface area (Å²) in [5.41, 5.74) is 6.58. The predicted molar refractivity (Wildman–Crippen MR) is 114 cm³/mol. The normalized spacial score (nSPS) is 18.7. The third-order valence-corrected chi connectivity index (χ3v) is 5.63. The summed E-state index contributed by atoms with van der Waals surface area (Å²) in [6, 6.07) is 10.5. The van der Waals surface area contributed by atoms with Gasteiger partial charge in [-0.2, -0.15) is 0 Å². The van der Waals surface area contributed by atoms with Gasteiger partial charge in [0.25, 0.3) is 5.91 Å². The first-order valence-corrected chi connectivity index (χ1v) is 10.2. The van der Waals surface area contributed by atoms with Gasteiger partial charge in [0.05, 0.1) is 5.69 Å². The lowest BCUT2D eigenvalue weighted by Crippen LogP contribution is -2.45. The Balaban J connectivity index is 1.54. The van der Waals surface area contributed by atoms with Gasteiger partial charge in [-0.15, -0.1) is 0 Å². The highest BCUT2D eigenvalue weighted by Crippen LogP contribution is 2.29. The van der Waals surface area contributed by atoms with Crippen LogP contribution in [0.25, 0.3) is 0 Å². The zero-order valence-electron chi connectivity index (χ0n) is 16.7. The molecule has 3 N–H and O–H groups in total. The number of anilines is 1. The molecule has 0 bridgehead atoms. The lowest BCUT2D eigenvalue weighted by Gasteiger charge is -2.37. The molecule has 0 aliphatic carbocycles. The van der Waals surface area contributed by atoms with Crippen LogP contribution in [0.15, 0.2) is 42.5 Å². The fourth-order valence-electron chi connectivity index (χ4n) is 3.74. The van der Waals surface area contributed by atoms with E-state index in [1.807, 2.05) is 12.1 Å². The average molecular weight is 434 g/mol. The van der Waals surface area contributed by atoms with Gasteiger partial charge in [-0.3, -0.25) is 4.79 Å². The van der Waals surface area contributed by atoms with Gasteiger partial charge >= 0.3 is 6.03 Å². The summed E-state index contributed by atoms with van der Waals surface area (Å²) in [5, 5.41) is 2.85. The number of hydrogen-bond donors (Lipinski definition) is 2. The molecule has 8 heteroatoms. The number of urea groups is 1. The van der Waals surface area contributed by atoms with E-state index in [0.717, 1.165) is 18.4 Å². The van der Waals surface area contributed by atoms with Crippen LogP contribution in [0.2, 0.25) is 5.02 Å². The topological polar surface area (TPSA) is 84.7 Å². The smallest absolute Gasteiger partial charge is 0.316 e. The maximum absolute atomic E-state index is 13.1. The summed E-state index contributed by atoms with van der Waals surface area (Å²) in [4.78, 5) is 25.6. The number of carbonyl (C=O) groups excluding carboxylic acids is 2. The number of amides is 3. The number of primary amides is 1. The van der Waals surface area contributed by atoms with Gasteiger partial charge in [-0.25, -0.2) is 9.18 Å². The van der Waals surface area contributed by atoms with E-state index in [0.29, 0.717) is 41.4 Å². The van der Waals surface area contributed by atoms with E-state index < -0.39 is 6.03 Å². The molecule has 2 aromatic rings. The van der Waals surface area contributed by atoms with Gasteiger partial charge in [-0.05, 0) is 60.6 Å². The fraction of sp³-hybridized carbons (Fsp3) is 0.364. The minimum absolute atomic E-state index is 0.123. The SMILES string of the molecule is CC1CN(C(=O)COc2ccc(Cl)cc2NC(N)=O)CCC1Cc1ccc(F)cc1. The Morgan fingerprint density at radius 1 is 1.27 bits per heavy atom. The van der Waals surface area contributed by atoms with Crippen LogP contribution in [0.5, 0.6) is 5.75 Å². The first-order valence-electron chi connectivity index (χ1n) is 9.83. The molecule has 0 saturated carbocycles. The van der Waals surface area contributed by atoms with Crippen LogP contribution in [0.3, 0.4) is 0 Å². The van der Waals surface area contributed by atoms with E-state index in [-0.39, 0.29) is 18.3 Å². The molecule has 2 unspecified atom stereocenters. The maximum Gasteiger partial charge on any atom is 0.316 e. The van der Waals surface area contributed by atoms with Crippen molar-refractivity contribution in [1.29, 1.82) is 0 Å². The fourth-order valence-corrected chi connectivity index (χ4v) is 3.91. The minimum Gasteiger partial charge on any atom is -0.482 e. The van der Waals surface area contributed by atoms with E-state index in [1.165, 1.54) is 18.2 Å². The molecule has 1 heterocycles. The molecule has 2 atom stereocenters. The summed E-state index contributed by atoms with van der Waals surface area (Å²) in [6.45, 7) is 3.26. The molecule has 2 aromatic carbocycles. The Hall–Kier alpha value is -2.80.